The van der Waals surface area contributed by atoms with Gasteiger partial charge in [0.25, 0.3) is 0 Å². The van der Waals surface area contributed by atoms with Gasteiger partial charge in [-0.2, -0.15) is 5.10 Å². The summed E-state index contributed by atoms with van der Waals surface area (Å²) in [5, 5.41) is 4.39. The average molecular weight is 219 g/mol. The molecule has 0 atom stereocenters. The number of nitrogens with zero attached hydrogens (tertiary/aromatic N) is 3. The Kier molecular flexibility index (Phi) is 1.89. The number of anilines is 1. The molecule has 0 unspecified atom stereocenters. The molecule has 1 amide bonds. The highest BCUT2D eigenvalue weighted by Gasteiger charge is 2.33. The van der Waals surface area contributed by atoms with Crippen LogP contribution in [0, 0.1) is 0 Å². The molecule has 16 heavy (non-hydrogen) atoms. The molecule has 3 rings (SSSR count). The molecule has 0 spiro atoms. The predicted octanol–water partition coefficient (Wildman–Crippen LogP) is 0.603. The van der Waals surface area contributed by atoms with Crippen LogP contribution in [0.1, 0.15) is 30.9 Å². The monoisotopic (exact) mass is 219 g/mol. The maximum absolute atomic E-state index is 11.6. The number of rotatable bonds is 2. The second-order valence-electron chi connectivity index (χ2n) is 4.52. The Morgan fingerprint density at radius 1 is 1.38 bits per heavy atom. The normalized spacial score (nSPS) is 20.9. The van der Waals surface area contributed by atoms with E-state index in [0.29, 0.717) is 5.92 Å². The molecule has 1 saturated heterocycles. The number of hydrogen-bond acceptors (Lipinski definition) is 3. The van der Waals surface area contributed by atoms with Crippen molar-refractivity contribution in [1.82, 2.24) is 9.78 Å². The minimum atomic E-state index is -0.115. The van der Waals surface area contributed by atoms with Crippen molar-refractivity contribution < 1.29 is 9.59 Å². The van der Waals surface area contributed by atoms with Gasteiger partial charge in [-0.15, -0.1) is 0 Å². The van der Waals surface area contributed by atoms with E-state index in [1.165, 1.54) is 17.7 Å². The maximum Gasteiger partial charge on any atom is 0.236 e. The Hall–Kier alpha value is -1.65. The van der Waals surface area contributed by atoms with Gasteiger partial charge in [0, 0.05) is 19.0 Å². The van der Waals surface area contributed by atoms with Gasteiger partial charge in [0.15, 0.2) is 5.78 Å². The lowest BCUT2D eigenvalue weighted by Gasteiger charge is -2.13. The summed E-state index contributed by atoms with van der Waals surface area (Å²) in [6.45, 7) is 0.197. The van der Waals surface area contributed by atoms with E-state index in [1.54, 1.807) is 4.68 Å². The van der Waals surface area contributed by atoms with Crippen molar-refractivity contribution in [2.45, 2.75) is 25.2 Å². The molecule has 0 aromatic carbocycles. The summed E-state index contributed by atoms with van der Waals surface area (Å²) in [6, 6.07) is 1.94. The molecule has 5 nitrogen and oxygen atoms in total. The molecule has 0 N–H and O–H groups in total. The van der Waals surface area contributed by atoms with Gasteiger partial charge in [-0.3, -0.25) is 19.2 Å². The van der Waals surface area contributed by atoms with Crippen molar-refractivity contribution >= 4 is 17.5 Å². The number of amides is 1. The zero-order chi connectivity index (χ0) is 11.3. The molecule has 1 saturated carbocycles. The molecular weight excluding hydrogens is 206 g/mol. The van der Waals surface area contributed by atoms with Crippen LogP contribution in [0.2, 0.25) is 0 Å². The fourth-order valence-corrected chi connectivity index (χ4v) is 2.10. The summed E-state index contributed by atoms with van der Waals surface area (Å²) in [6.07, 6.45) is 2.40. The van der Waals surface area contributed by atoms with Crippen LogP contribution >= 0.6 is 0 Å². The number of ketones is 1. The van der Waals surface area contributed by atoms with E-state index >= 15 is 0 Å². The highest BCUT2D eigenvalue weighted by molar-refractivity contribution is 6.14. The maximum atomic E-state index is 11.6. The van der Waals surface area contributed by atoms with Gasteiger partial charge in [0.1, 0.15) is 5.82 Å². The Morgan fingerprint density at radius 3 is 2.69 bits per heavy atom. The van der Waals surface area contributed by atoms with Crippen LogP contribution in [-0.2, 0) is 16.6 Å². The van der Waals surface area contributed by atoms with E-state index in [1.807, 2.05) is 13.1 Å². The molecule has 0 radical (unpaired) electrons. The van der Waals surface area contributed by atoms with Crippen molar-refractivity contribution in [1.29, 1.82) is 0 Å². The molecule has 2 heterocycles. The zero-order valence-corrected chi connectivity index (χ0v) is 9.14. The summed E-state index contributed by atoms with van der Waals surface area (Å²) < 4.78 is 1.70. The van der Waals surface area contributed by atoms with Crippen LogP contribution in [0.3, 0.4) is 0 Å². The lowest BCUT2D eigenvalue weighted by Crippen LogP contribution is -2.26. The largest absolute Gasteiger partial charge is 0.297 e. The second-order valence-corrected chi connectivity index (χ2v) is 4.52. The van der Waals surface area contributed by atoms with E-state index in [2.05, 4.69) is 5.10 Å². The van der Waals surface area contributed by atoms with Crippen molar-refractivity contribution in [3.8, 4) is 0 Å². The van der Waals surface area contributed by atoms with Crippen LogP contribution in [0.4, 0.5) is 5.82 Å². The number of carbonyl (C=O) groups excluding carboxylic acids is 2. The summed E-state index contributed by atoms with van der Waals surface area (Å²) in [4.78, 5) is 24.3. The van der Waals surface area contributed by atoms with Crippen LogP contribution in [-0.4, -0.2) is 28.0 Å². The van der Waals surface area contributed by atoms with Gasteiger partial charge in [-0.1, -0.05) is 0 Å². The van der Waals surface area contributed by atoms with E-state index in [4.69, 9.17) is 0 Å². The smallest absolute Gasteiger partial charge is 0.236 e. The first-order valence-corrected chi connectivity index (χ1v) is 5.51. The Balaban J connectivity index is 1.93. The lowest BCUT2D eigenvalue weighted by molar-refractivity contribution is -0.121. The quantitative estimate of drug-likeness (QED) is 0.684. The highest BCUT2D eigenvalue weighted by atomic mass is 16.2. The van der Waals surface area contributed by atoms with E-state index < -0.39 is 0 Å². The molecule has 5 heteroatoms. The summed E-state index contributed by atoms with van der Waals surface area (Å²) >= 11 is 0. The first-order chi connectivity index (χ1) is 7.65. The van der Waals surface area contributed by atoms with Crippen LogP contribution in [0.25, 0.3) is 0 Å². The van der Waals surface area contributed by atoms with Gasteiger partial charge in [-0.05, 0) is 12.8 Å². The van der Waals surface area contributed by atoms with Gasteiger partial charge < -0.3 is 0 Å². The van der Waals surface area contributed by atoms with Crippen molar-refractivity contribution in [2.75, 3.05) is 11.4 Å². The molecule has 1 aliphatic carbocycles. The SMILES string of the molecule is Cn1nc(C2CC2)cc1N1CC(=O)CC1=O. The number of Topliss-reactive ketones (excluding diaryl/α,β-unsaturated/α-hetero) is 1. The van der Waals surface area contributed by atoms with Gasteiger partial charge >= 0.3 is 0 Å². The average Bonchev–Trinajstić information content (AvgIpc) is 2.92. The molecule has 84 valence electrons. The van der Waals surface area contributed by atoms with Gasteiger partial charge in [-0.25, -0.2) is 0 Å². The molecule has 1 aliphatic heterocycles. The predicted molar refractivity (Wildman–Crippen MR) is 57.2 cm³/mol. The lowest BCUT2D eigenvalue weighted by atomic mass is 10.3. The molecule has 0 bridgehead atoms. The van der Waals surface area contributed by atoms with Crippen LogP contribution < -0.4 is 4.90 Å². The minimum absolute atomic E-state index is 0.0147. The summed E-state index contributed by atoms with van der Waals surface area (Å²) in [7, 11) is 1.82. The van der Waals surface area contributed by atoms with Gasteiger partial charge in [0.05, 0.1) is 18.7 Å². The van der Waals surface area contributed by atoms with Crippen molar-refractivity contribution in [3.63, 3.8) is 0 Å². The zero-order valence-electron chi connectivity index (χ0n) is 9.14. The molecule has 1 aromatic heterocycles. The molecule has 1 aromatic rings. The third-order valence-electron chi connectivity index (χ3n) is 3.13. The minimum Gasteiger partial charge on any atom is -0.297 e. The summed E-state index contributed by atoms with van der Waals surface area (Å²) in [5.41, 5.74) is 1.05. The number of aryl methyl sites for hydroxylation is 1. The first kappa shape index (κ1) is 9.57. The first-order valence-electron chi connectivity index (χ1n) is 5.51. The number of carbonyl (C=O) groups is 2. The number of aromatic nitrogens is 2. The third-order valence-corrected chi connectivity index (χ3v) is 3.13. The second kappa shape index (κ2) is 3.17. The van der Waals surface area contributed by atoms with Crippen molar-refractivity contribution in [3.05, 3.63) is 11.8 Å². The summed E-state index contributed by atoms with van der Waals surface area (Å²) in [5.74, 6) is 1.18. The Morgan fingerprint density at radius 2 is 2.12 bits per heavy atom. The molecule has 2 aliphatic rings. The molecule has 2 fully saturated rings. The Labute approximate surface area is 93.0 Å². The highest BCUT2D eigenvalue weighted by Crippen LogP contribution is 2.40. The standard InChI is InChI=1S/C11H13N3O2/c1-13-10(5-9(12-13)7-2-3-7)14-6-8(15)4-11(14)16/h5,7H,2-4,6H2,1H3. The van der Waals surface area contributed by atoms with Crippen LogP contribution in [0.5, 0.6) is 0 Å². The molecular formula is C11H13N3O2. The van der Waals surface area contributed by atoms with E-state index in [9.17, 15) is 9.59 Å². The topological polar surface area (TPSA) is 55.2 Å². The Bertz CT molecular complexity index is 474. The number of hydrogen-bond donors (Lipinski definition) is 0. The van der Waals surface area contributed by atoms with Gasteiger partial charge in [0.2, 0.25) is 5.91 Å². The fourth-order valence-electron chi connectivity index (χ4n) is 2.10. The van der Waals surface area contributed by atoms with E-state index in [0.717, 1.165) is 11.5 Å². The third kappa shape index (κ3) is 1.43. The van der Waals surface area contributed by atoms with E-state index in [-0.39, 0.29) is 24.7 Å². The van der Waals surface area contributed by atoms with Crippen molar-refractivity contribution in [2.24, 2.45) is 7.05 Å². The van der Waals surface area contributed by atoms with Crippen LogP contribution in [0.15, 0.2) is 6.07 Å². The fraction of sp³-hybridized carbons (Fsp3) is 0.545.